The quantitative estimate of drug-likeness (QED) is 0.553. The van der Waals surface area contributed by atoms with E-state index < -0.39 is 0 Å². The average Bonchev–Trinajstić information content (AvgIpc) is 2.26. The number of nitrogens with one attached hydrogen (secondary N) is 3. The van der Waals surface area contributed by atoms with E-state index in [1.807, 2.05) is 6.92 Å². The van der Waals surface area contributed by atoms with Crippen LogP contribution < -0.4 is 16.2 Å². The third kappa shape index (κ3) is 3.86. The smallest absolute Gasteiger partial charge is 0.185 e. The number of thiocarbonyl (C=S) groups is 1. The lowest BCUT2D eigenvalue weighted by atomic mass is 10.2. The zero-order valence-corrected chi connectivity index (χ0v) is 9.83. The van der Waals surface area contributed by atoms with Crippen molar-refractivity contribution < 1.29 is 4.39 Å². The number of benzene rings is 1. The minimum absolute atomic E-state index is 0.297. The zero-order chi connectivity index (χ0) is 12.0. The molecule has 0 aliphatic carbocycles. The van der Waals surface area contributed by atoms with Crippen molar-refractivity contribution in [2.45, 2.75) is 6.92 Å². The fourth-order valence-electron chi connectivity index (χ4n) is 1.09. The maximum atomic E-state index is 12.9. The number of hydrogen-bond donors (Lipinski definition) is 3. The van der Waals surface area contributed by atoms with Crippen molar-refractivity contribution in [3.8, 4) is 0 Å². The highest BCUT2D eigenvalue weighted by atomic mass is 32.1. The maximum absolute atomic E-state index is 12.9. The van der Waals surface area contributed by atoms with Crippen LogP contribution in [0.3, 0.4) is 0 Å². The van der Waals surface area contributed by atoms with E-state index >= 15 is 0 Å². The Morgan fingerprint density at radius 2 is 2.19 bits per heavy atom. The van der Waals surface area contributed by atoms with E-state index in [4.69, 9.17) is 12.2 Å². The van der Waals surface area contributed by atoms with Crippen molar-refractivity contribution in [2.75, 3.05) is 6.54 Å². The summed E-state index contributed by atoms with van der Waals surface area (Å²) in [6.07, 6.45) is 0. The molecule has 0 aromatic heterocycles. The van der Waals surface area contributed by atoms with Crippen LogP contribution in [-0.2, 0) is 0 Å². The monoisotopic (exact) mass is 239 g/mol. The lowest BCUT2D eigenvalue weighted by Gasteiger charge is -2.13. The Morgan fingerprint density at radius 3 is 2.81 bits per heavy atom. The van der Waals surface area contributed by atoms with Crippen molar-refractivity contribution in [3.63, 3.8) is 0 Å². The Morgan fingerprint density at radius 1 is 1.44 bits per heavy atom. The molecule has 5 heteroatoms. The van der Waals surface area contributed by atoms with Crippen LogP contribution >= 0.6 is 12.2 Å². The highest BCUT2D eigenvalue weighted by Crippen LogP contribution is 2.09. The fraction of sp³-hybridized carbons (Fsp3) is 0.182. The molecule has 0 fully saturated rings. The molecular formula is C11H14FN3S. The van der Waals surface area contributed by atoms with Gasteiger partial charge >= 0.3 is 0 Å². The van der Waals surface area contributed by atoms with Crippen LogP contribution in [0.4, 0.5) is 4.39 Å². The number of hydrazine groups is 1. The number of rotatable bonds is 4. The number of halogens is 1. The van der Waals surface area contributed by atoms with Gasteiger partial charge in [-0.1, -0.05) is 18.7 Å². The second-order valence-corrected chi connectivity index (χ2v) is 3.51. The third-order valence-electron chi connectivity index (χ3n) is 1.84. The Bertz CT molecular complexity index is 393. The molecule has 0 saturated heterocycles. The van der Waals surface area contributed by atoms with E-state index in [-0.39, 0.29) is 5.82 Å². The molecule has 0 amide bonds. The lowest BCUT2D eigenvalue weighted by Crippen LogP contribution is -2.42. The van der Waals surface area contributed by atoms with E-state index in [9.17, 15) is 4.39 Å². The van der Waals surface area contributed by atoms with Gasteiger partial charge in [-0.3, -0.25) is 10.9 Å². The van der Waals surface area contributed by atoms with Gasteiger partial charge in [0.05, 0.1) is 5.70 Å². The number of hydrogen-bond acceptors (Lipinski definition) is 2. The topological polar surface area (TPSA) is 36.1 Å². The van der Waals surface area contributed by atoms with Crippen molar-refractivity contribution in [1.82, 2.24) is 16.2 Å². The van der Waals surface area contributed by atoms with Crippen LogP contribution in [0, 0.1) is 5.82 Å². The summed E-state index contributed by atoms with van der Waals surface area (Å²) < 4.78 is 12.9. The molecule has 0 radical (unpaired) electrons. The van der Waals surface area contributed by atoms with Gasteiger partial charge in [0.25, 0.3) is 0 Å². The fourth-order valence-corrected chi connectivity index (χ4v) is 1.28. The standard InChI is InChI=1S/C11H14FN3S/c1-3-13-11(16)15-14-8(2)9-5-4-6-10(12)7-9/h4-7,14H,2-3H2,1H3,(H2,13,15,16). The Hall–Kier alpha value is -1.62. The molecule has 0 aliphatic heterocycles. The Balaban J connectivity index is 2.50. The van der Waals surface area contributed by atoms with Crippen molar-refractivity contribution >= 4 is 23.0 Å². The van der Waals surface area contributed by atoms with Gasteiger partial charge in [0.15, 0.2) is 5.11 Å². The molecule has 86 valence electrons. The summed E-state index contributed by atoms with van der Waals surface area (Å²) in [7, 11) is 0. The molecule has 0 unspecified atom stereocenters. The molecular weight excluding hydrogens is 225 g/mol. The minimum atomic E-state index is -0.297. The van der Waals surface area contributed by atoms with Gasteiger partial charge in [0.1, 0.15) is 5.82 Å². The van der Waals surface area contributed by atoms with Crippen LogP contribution in [0.25, 0.3) is 5.70 Å². The summed E-state index contributed by atoms with van der Waals surface area (Å²) in [5.41, 5.74) is 6.77. The molecule has 16 heavy (non-hydrogen) atoms. The molecule has 1 rings (SSSR count). The molecule has 3 nitrogen and oxygen atoms in total. The summed E-state index contributed by atoms with van der Waals surface area (Å²) >= 11 is 4.95. The van der Waals surface area contributed by atoms with Crippen molar-refractivity contribution in [2.24, 2.45) is 0 Å². The summed E-state index contributed by atoms with van der Waals surface area (Å²) in [5, 5.41) is 3.38. The molecule has 0 aliphatic rings. The van der Waals surface area contributed by atoms with Gasteiger partial charge in [-0.15, -0.1) is 0 Å². The van der Waals surface area contributed by atoms with Gasteiger partial charge in [0.2, 0.25) is 0 Å². The van der Waals surface area contributed by atoms with Crippen molar-refractivity contribution in [1.29, 1.82) is 0 Å². The van der Waals surface area contributed by atoms with Gasteiger partial charge < -0.3 is 5.32 Å². The average molecular weight is 239 g/mol. The Kier molecular flexibility index (Phi) is 4.72. The second kappa shape index (κ2) is 6.07. The maximum Gasteiger partial charge on any atom is 0.185 e. The lowest BCUT2D eigenvalue weighted by molar-refractivity contribution is 0.627. The molecule has 0 bridgehead atoms. The molecule has 0 saturated carbocycles. The third-order valence-corrected chi connectivity index (χ3v) is 2.08. The van der Waals surface area contributed by atoms with E-state index in [0.29, 0.717) is 16.4 Å². The van der Waals surface area contributed by atoms with Crippen LogP contribution in [-0.4, -0.2) is 11.7 Å². The SMILES string of the molecule is C=C(NNC(=S)NCC)c1cccc(F)c1. The summed E-state index contributed by atoms with van der Waals surface area (Å²) in [4.78, 5) is 0. The second-order valence-electron chi connectivity index (χ2n) is 3.10. The molecule has 0 spiro atoms. The van der Waals surface area contributed by atoms with E-state index in [0.717, 1.165) is 6.54 Å². The van der Waals surface area contributed by atoms with E-state index in [2.05, 4.69) is 22.7 Å². The van der Waals surface area contributed by atoms with Crippen molar-refractivity contribution in [3.05, 3.63) is 42.2 Å². The summed E-state index contributed by atoms with van der Waals surface area (Å²) in [5.74, 6) is -0.297. The van der Waals surface area contributed by atoms with E-state index in [1.165, 1.54) is 12.1 Å². The van der Waals surface area contributed by atoms with Crippen LogP contribution in [0.2, 0.25) is 0 Å². The molecule has 3 N–H and O–H groups in total. The molecule has 0 heterocycles. The molecule has 1 aromatic carbocycles. The zero-order valence-electron chi connectivity index (χ0n) is 9.01. The first-order valence-corrected chi connectivity index (χ1v) is 5.29. The summed E-state index contributed by atoms with van der Waals surface area (Å²) in [6, 6.07) is 6.16. The highest BCUT2D eigenvalue weighted by Gasteiger charge is 2.00. The van der Waals surface area contributed by atoms with Gasteiger partial charge in [0, 0.05) is 12.1 Å². The van der Waals surface area contributed by atoms with Gasteiger partial charge in [-0.25, -0.2) is 4.39 Å². The highest BCUT2D eigenvalue weighted by molar-refractivity contribution is 7.80. The minimum Gasteiger partial charge on any atom is -0.362 e. The first-order chi connectivity index (χ1) is 7.63. The predicted octanol–water partition coefficient (Wildman–Crippen LogP) is 1.79. The van der Waals surface area contributed by atoms with Crippen LogP contribution in [0.5, 0.6) is 0 Å². The normalized spacial score (nSPS) is 9.38. The first-order valence-electron chi connectivity index (χ1n) is 4.88. The van der Waals surface area contributed by atoms with Crippen LogP contribution in [0.15, 0.2) is 30.8 Å². The van der Waals surface area contributed by atoms with Gasteiger partial charge in [-0.2, -0.15) is 0 Å². The first kappa shape index (κ1) is 12.4. The molecule has 0 atom stereocenters. The Labute approximate surface area is 99.7 Å². The van der Waals surface area contributed by atoms with Crippen LogP contribution in [0.1, 0.15) is 12.5 Å². The van der Waals surface area contributed by atoms with Gasteiger partial charge in [-0.05, 0) is 31.3 Å². The summed E-state index contributed by atoms with van der Waals surface area (Å²) in [6.45, 7) is 6.45. The van der Waals surface area contributed by atoms with E-state index in [1.54, 1.807) is 12.1 Å². The largest absolute Gasteiger partial charge is 0.362 e. The predicted molar refractivity (Wildman–Crippen MR) is 68.0 cm³/mol. The molecule has 1 aromatic rings.